The number of aliphatic imine (C=N–C) groups is 1. The van der Waals surface area contributed by atoms with E-state index in [1.807, 2.05) is 0 Å². The van der Waals surface area contributed by atoms with Crippen LogP contribution in [0.5, 0.6) is 0 Å². The highest BCUT2D eigenvalue weighted by molar-refractivity contribution is 5.66. The van der Waals surface area contributed by atoms with Gasteiger partial charge in [-0.1, -0.05) is 0 Å². The molecule has 1 fully saturated rings. The van der Waals surface area contributed by atoms with Crippen molar-refractivity contribution >= 4 is 6.21 Å². The fourth-order valence-corrected chi connectivity index (χ4v) is 3.17. The van der Waals surface area contributed by atoms with Gasteiger partial charge in [0.1, 0.15) is 0 Å². The minimum atomic E-state index is -0.0378. The van der Waals surface area contributed by atoms with E-state index >= 15 is 0 Å². The number of rotatable bonds is 7. The quantitative estimate of drug-likeness (QED) is 0.529. The fourth-order valence-electron chi connectivity index (χ4n) is 3.17. The van der Waals surface area contributed by atoms with E-state index in [9.17, 15) is 0 Å². The lowest BCUT2D eigenvalue weighted by molar-refractivity contribution is -0.0887. The molecule has 1 aliphatic heterocycles. The zero-order valence-corrected chi connectivity index (χ0v) is 14.3. The predicted octanol–water partition coefficient (Wildman–Crippen LogP) is 2.15. The van der Waals surface area contributed by atoms with Crippen LogP contribution in [0, 0.1) is 5.41 Å². The van der Waals surface area contributed by atoms with Crippen LogP contribution in [0.15, 0.2) is 4.99 Å². The first-order chi connectivity index (χ1) is 9.25. The topological polar surface area (TPSA) is 28.1 Å². The Labute approximate surface area is 125 Å². The summed E-state index contributed by atoms with van der Waals surface area (Å²) in [6.45, 7) is 8.30. The highest BCUT2D eigenvalue weighted by Gasteiger charge is 2.40. The van der Waals surface area contributed by atoms with Crippen molar-refractivity contribution < 1.29 is 4.74 Å². The summed E-state index contributed by atoms with van der Waals surface area (Å²) in [5.41, 5.74) is 0.132. The van der Waals surface area contributed by atoms with Crippen molar-refractivity contribution in [2.24, 2.45) is 10.4 Å². The van der Waals surface area contributed by atoms with Crippen LogP contribution in [-0.2, 0) is 4.74 Å². The van der Waals surface area contributed by atoms with Gasteiger partial charge >= 0.3 is 0 Å². The summed E-state index contributed by atoms with van der Waals surface area (Å²) in [6.07, 6.45) is 5.48. The van der Waals surface area contributed by atoms with Gasteiger partial charge in [-0.25, -0.2) is 0 Å². The molecule has 0 amide bonds. The van der Waals surface area contributed by atoms with E-state index in [-0.39, 0.29) is 11.0 Å². The Hall–Kier alpha value is -0.450. The predicted molar refractivity (Wildman–Crippen MR) is 86.8 cm³/mol. The minimum Gasteiger partial charge on any atom is -0.376 e. The summed E-state index contributed by atoms with van der Waals surface area (Å²) in [5.74, 6) is 0. The molecule has 0 aromatic carbocycles. The van der Waals surface area contributed by atoms with Crippen LogP contribution in [-0.4, -0.2) is 76.0 Å². The zero-order chi connectivity index (χ0) is 15.2. The molecule has 0 aromatic heterocycles. The van der Waals surface area contributed by atoms with Crippen LogP contribution in [0.4, 0.5) is 0 Å². The molecule has 4 nitrogen and oxygen atoms in total. The summed E-state index contributed by atoms with van der Waals surface area (Å²) in [7, 11) is 8.50. The first-order valence-corrected chi connectivity index (χ1v) is 7.69. The average Bonchev–Trinajstić information content (AvgIpc) is 2.25. The number of hydrogen-bond donors (Lipinski definition) is 0. The minimum absolute atomic E-state index is 0.0378. The maximum absolute atomic E-state index is 5.87. The Balaban J connectivity index is 2.61. The third-order valence-electron chi connectivity index (χ3n) is 3.76. The van der Waals surface area contributed by atoms with Gasteiger partial charge in [-0.2, -0.15) is 0 Å². The largest absolute Gasteiger partial charge is 0.376 e. The van der Waals surface area contributed by atoms with Gasteiger partial charge < -0.3 is 14.5 Å². The molecule has 1 rings (SSSR count). The van der Waals surface area contributed by atoms with Crippen LogP contribution >= 0.6 is 0 Å². The smallest absolute Gasteiger partial charge is 0.0635 e. The SMILES string of the molecule is CN(C)CCCN=CC1(CN(C)C)CCOC(C)(C)C1. The average molecular weight is 283 g/mol. The molecular formula is C16H33N3O. The second kappa shape index (κ2) is 7.53. The highest BCUT2D eigenvalue weighted by Crippen LogP contribution is 2.38. The molecule has 0 spiro atoms. The Morgan fingerprint density at radius 1 is 1.15 bits per heavy atom. The lowest BCUT2D eigenvalue weighted by Crippen LogP contribution is -2.47. The van der Waals surface area contributed by atoms with E-state index in [4.69, 9.17) is 9.73 Å². The van der Waals surface area contributed by atoms with Crippen LogP contribution in [0.2, 0.25) is 0 Å². The van der Waals surface area contributed by atoms with E-state index in [0.717, 1.165) is 45.5 Å². The molecule has 1 unspecified atom stereocenters. The Morgan fingerprint density at radius 3 is 2.40 bits per heavy atom. The standard InChI is InChI=1S/C16H33N3O/c1-15(2)12-16(8-11-20-15,14-19(5)6)13-17-9-7-10-18(3)4/h13H,7-12,14H2,1-6H3. The van der Waals surface area contributed by atoms with E-state index in [1.54, 1.807) is 0 Å². The second-order valence-corrected chi connectivity index (χ2v) is 7.33. The van der Waals surface area contributed by atoms with Crippen LogP contribution in [0.25, 0.3) is 0 Å². The molecular weight excluding hydrogens is 250 g/mol. The maximum Gasteiger partial charge on any atom is 0.0635 e. The van der Waals surface area contributed by atoms with Gasteiger partial charge in [0, 0.05) is 31.3 Å². The van der Waals surface area contributed by atoms with Crippen molar-refractivity contribution in [3.8, 4) is 0 Å². The summed E-state index contributed by atoms with van der Waals surface area (Å²) in [4.78, 5) is 9.21. The molecule has 0 bridgehead atoms. The first kappa shape index (κ1) is 17.6. The summed E-state index contributed by atoms with van der Waals surface area (Å²) in [5, 5.41) is 0. The summed E-state index contributed by atoms with van der Waals surface area (Å²) < 4.78 is 5.87. The van der Waals surface area contributed by atoms with Crippen LogP contribution in [0.3, 0.4) is 0 Å². The molecule has 0 saturated carbocycles. The van der Waals surface area contributed by atoms with Gasteiger partial charge in [-0.3, -0.25) is 4.99 Å². The van der Waals surface area contributed by atoms with Crippen molar-refractivity contribution in [1.29, 1.82) is 0 Å². The van der Waals surface area contributed by atoms with Gasteiger partial charge in [0.15, 0.2) is 0 Å². The summed E-state index contributed by atoms with van der Waals surface area (Å²) >= 11 is 0. The highest BCUT2D eigenvalue weighted by atomic mass is 16.5. The normalized spacial score (nSPS) is 26.8. The number of hydrogen-bond acceptors (Lipinski definition) is 4. The molecule has 1 aliphatic rings. The van der Waals surface area contributed by atoms with E-state index < -0.39 is 0 Å². The molecule has 0 radical (unpaired) electrons. The van der Waals surface area contributed by atoms with Crippen molar-refractivity contribution in [2.75, 3.05) is 54.4 Å². The second-order valence-electron chi connectivity index (χ2n) is 7.33. The van der Waals surface area contributed by atoms with Gasteiger partial charge in [0.05, 0.1) is 5.60 Å². The zero-order valence-electron chi connectivity index (χ0n) is 14.3. The van der Waals surface area contributed by atoms with E-state index in [0.29, 0.717) is 0 Å². The van der Waals surface area contributed by atoms with Crippen LogP contribution in [0.1, 0.15) is 33.1 Å². The monoisotopic (exact) mass is 283 g/mol. The molecule has 4 heteroatoms. The molecule has 20 heavy (non-hydrogen) atoms. The lowest BCUT2D eigenvalue weighted by Gasteiger charge is -2.44. The van der Waals surface area contributed by atoms with E-state index in [1.165, 1.54) is 0 Å². The van der Waals surface area contributed by atoms with Crippen LogP contribution < -0.4 is 0 Å². The fraction of sp³-hybridized carbons (Fsp3) is 0.938. The Bertz CT molecular complexity index is 313. The van der Waals surface area contributed by atoms with Crippen molar-refractivity contribution in [3.05, 3.63) is 0 Å². The number of nitrogens with zero attached hydrogens (tertiary/aromatic N) is 3. The molecule has 1 atom stereocenters. The van der Waals surface area contributed by atoms with Crippen molar-refractivity contribution in [3.63, 3.8) is 0 Å². The lowest BCUT2D eigenvalue weighted by atomic mass is 9.74. The molecule has 0 aliphatic carbocycles. The van der Waals surface area contributed by atoms with E-state index in [2.05, 4.69) is 58.1 Å². The Morgan fingerprint density at radius 2 is 1.85 bits per heavy atom. The molecule has 0 N–H and O–H groups in total. The molecule has 118 valence electrons. The molecule has 0 aromatic rings. The Kier molecular flexibility index (Phi) is 6.62. The third kappa shape index (κ3) is 6.33. The van der Waals surface area contributed by atoms with Crippen molar-refractivity contribution in [2.45, 2.75) is 38.7 Å². The maximum atomic E-state index is 5.87. The molecule has 1 heterocycles. The molecule has 1 saturated heterocycles. The van der Waals surface area contributed by atoms with Gasteiger partial charge in [0.2, 0.25) is 0 Å². The third-order valence-corrected chi connectivity index (χ3v) is 3.76. The first-order valence-electron chi connectivity index (χ1n) is 7.69. The van der Waals surface area contributed by atoms with Gasteiger partial charge in [0.25, 0.3) is 0 Å². The van der Waals surface area contributed by atoms with Gasteiger partial charge in [-0.05, 0) is 67.8 Å². The van der Waals surface area contributed by atoms with Gasteiger partial charge in [-0.15, -0.1) is 0 Å². The summed E-state index contributed by atoms with van der Waals surface area (Å²) in [6, 6.07) is 0. The van der Waals surface area contributed by atoms with Crippen molar-refractivity contribution in [1.82, 2.24) is 9.80 Å². The number of ether oxygens (including phenoxy) is 1.